The third-order valence-electron chi connectivity index (χ3n) is 3.79. The molecule has 0 radical (unpaired) electrons. The van der Waals surface area contributed by atoms with E-state index in [2.05, 4.69) is 39.1 Å². The molecule has 1 aliphatic heterocycles. The number of benzene rings is 1. The fourth-order valence-electron chi connectivity index (χ4n) is 2.67. The summed E-state index contributed by atoms with van der Waals surface area (Å²) in [7, 11) is 0. The summed E-state index contributed by atoms with van der Waals surface area (Å²) in [5, 5.41) is 13.1. The van der Waals surface area contributed by atoms with Gasteiger partial charge in [-0.2, -0.15) is 0 Å². The van der Waals surface area contributed by atoms with E-state index in [9.17, 15) is 5.11 Å². The molecule has 0 bridgehead atoms. The number of hydrogen-bond acceptors (Lipinski definition) is 3. The molecule has 2 N–H and O–H groups in total. The lowest BCUT2D eigenvalue weighted by molar-refractivity contribution is 0.0586. The van der Waals surface area contributed by atoms with Crippen molar-refractivity contribution in [2.75, 3.05) is 6.61 Å². The first-order valence-corrected chi connectivity index (χ1v) is 7.08. The van der Waals surface area contributed by atoms with Crippen molar-refractivity contribution >= 4 is 0 Å². The van der Waals surface area contributed by atoms with Gasteiger partial charge in [0.05, 0.1) is 6.61 Å². The molecule has 0 saturated carbocycles. The molecule has 0 amide bonds. The summed E-state index contributed by atoms with van der Waals surface area (Å²) < 4.78 is 6.02. The van der Waals surface area contributed by atoms with Crippen LogP contribution in [0.15, 0.2) is 24.3 Å². The third-order valence-corrected chi connectivity index (χ3v) is 3.79. The topological polar surface area (TPSA) is 41.5 Å². The Morgan fingerprint density at radius 2 is 2.05 bits per heavy atom. The van der Waals surface area contributed by atoms with Gasteiger partial charge in [-0.15, -0.1) is 0 Å². The first-order chi connectivity index (χ1) is 8.93. The number of ether oxygens (including phenoxy) is 1. The summed E-state index contributed by atoms with van der Waals surface area (Å²) in [6.07, 6.45) is 0.910. The monoisotopic (exact) mass is 263 g/mol. The average molecular weight is 263 g/mol. The molecule has 0 aromatic heterocycles. The summed E-state index contributed by atoms with van der Waals surface area (Å²) in [4.78, 5) is 0. The molecule has 19 heavy (non-hydrogen) atoms. The lowest BCUT2D eigenvalue weighted by atomic mass is 9.88. The zero-order valence-corrected chi connectivity index (χ0v) is 12.3. The SMILES string of the molecule is CC(C)[C@@H](CO)NC1CC(C)(C)Oc2ccccc21. The Hall–Kier alpha value is -1.06. The van der Waals surface area contributed by atoms with Gasteiger partial charge in [-0.1, -0.05) is 32.0 Å². The molecule has 1 unspecified atom stereocenters. The maximum Gasteiger partial charge on any atom is 0.124 e. The predicted octanol–water partition coefficient (Wildman–Crippen LogP) is 2.90. The van der Waals surface area contributed by atoms with Crippen molar-refractivity contribution in [3.63, 3.8) is 0 Å². The van der Waals surface area contributed by atoms with Crippen LogP contribution in [0.2, 0.25) is 0 Å². The van der Waals surface area contributed by atoms with E-state index in [1.165, 1.54) is 5.56 Å². The molecule has 0 fully saturated rings. The zero-order valence-electron chi connectivity index (χ0n) is 12.3. The number of aliphatic hydroxyl groups is 1. The van der Waals surface area contributed by atoms with Crippen LogP contribution >= 0.6 is 0 Å². The zero-order chi connectivity index (χ0) is 14.0. The fourth-order valence-corrected chi connectivity index (χ4v) is 2.67. The highest BCUT2D eigenvalue weighted by atomic mass is 16.5. The van der Waals surface area contributed by atoms with E-state index in [4.69, 9.17) is 4.74 Å². The summed E-state index contributed by atoms with van der Waals surface area (Å²) >= 11 is 0. The molecule has 1 aromatic carbocycles. The first kappa shape index (κ1) is 14.4. The second-order valence-corrected chi connectivity index (χ2v) is 6.36. The van der Waals surface area contributed by atoms with Crippen LogP contribution in [-0.4, -0.2) is 23.4 Å². The molecule has 1 heterocycles. The highest BCUT2D eigenvalue weighted by Crippen LogP contribution is 2.39. The highest BCUT2D eigenvalue weighted by molar-refractivity contribution is 5.38. The van der Waals surface area contributed by atoms with Crippen LogP contribution in [0.1, 0.15) is 45.7 Å². The van der Waals surface area contributed by atoms with Gasteiger partial charge in [0.1, 0.15) is 11.4 Å². The van der Waals surface area contributed by atoms with Gasteiger partial charge >= 0.3 is 0 Å². The van der Waals surface area contributed by atoms with Crippen molar-refractivity contribution in [1.82, 2.24) is 5.32 Å². The minimum atomic E-state index is -0.178. The van der Waals surface area contributed by atoms with E-state index in [-0.39, 0.29) is 24.3 Å². The molecule has 0 saturated heterocycles. The Morgan fingerprint density at radius 3 is 2.68 bits per heavy atom. The van der Waals surface area contributed by atoms with Crippen molar-refractivity contribution < 1.29 is 9.84 Å². The van der Waals surface area contributed by atoms with Crippen LogP contribution in [0.4, 0.5) is 0 Å². The van der Waals surface area contributed by atoms with Crippen molar-refractivity contribution in [1.29, 1.82) is 0 Å². The summed E-state index contributed by atoms with van der Waals surface area (Å²) in [6.45, 7) is 8.65. The Morgan fingerprint density at radius 1 is 1.37 bits per heavy atom. The van der Waals surface area contributed by atoms with Crippen LogP contribution in [0.25, 0.3) is 0 Å². The number of fused-ring (bicyclic) bond motifs is 1. The second kappa shape index (κ2) is 5.51. The van der Waals surface area contributed by atoms with Crippen molar-refractivity contribution in [3.05, 3.63) is 29.8 Å². The largest absolute Gasteiger partial charge is 0.487 e. The average Bonchev–Trinajstić information content (AvgIpc) is 2.33. The molecular weight excluding hydrogens is 238 g/mol. The van der Waals surface area contributed by atoms with Crippen molar-refractivity contribution in [2.45, 2.75) is 51.8 Å². The summed E-state index contributed by atoms with van der Waals surface area (Å²) in [5.41, 5.74) is 1.02. The summed E-state index contributed by atoms with van der Waals surface area (Å²) in [5.74, 6) is 1.36. The van der Waals surface area contributed by atoms with E-state index in [0.29, 0.717) is 5.92 Å². The molecular formula is C16H25NO2. The normalized spacial score (nSPS) is 22.7. The molecule has 106 valence electrons. The van der Waals surface area contributed by atoms with Gasteiger partial charge < -0.3 is 15.2 Å². The Labute approximate surface area is 116 Å². The maximum absolute atomic E-state index is 9.51. The fraction of sp³-hybridized carbons (Fsp3) is 0.625. The van der Waals surface area contributed by atoms with Crippen LogP contribution in [0.5, 0.6) is 5.75 Å². The minimum Gasteiger partial charge on any atom is -0.487 e. The van der Waals surface area contributed by atoms with Gasteiger partial charge in [-0.25, -0.2) is 0 Å². The quantitative estimate of drug-likeness (QED) is 0.877. The van der Waals surface area contributed by atoms with Crippen molar-refractivity contribution in [2.24, 2.45) is 5.92 Å². The maximum atomic E-state index is 9.51. The van der Waals surface area contributed by atoms with E-state index in [1.54, 1.807) is 0 Å². The molecule has 1 aliphatic rings. The van der Waals surface area contributed by atoms with Gasteiger partial charge in [0.2, 0.25) is 0 Å². The smallest absolute Gasteiger partial charge is 0.124 e. The lowest BCUT2D eigenvalue weighted by Gasteiger charge is -2.39. The third kappa shape index (κ3) is 3.28. The number of rotatable bonds is 4. The summed E-state index contributed by atoms with van der Waals surface area (Å²) in [6, 6.07) is 8.53. The Kier molecular flexibility index (Phi) is 4.16. The van der Waals surface area contributed by atoms with Crippen LogP contribution in [0.3, 0.4) is 0 Å². The van der Waals surface area contributed by atoms with Gasteiger partial charge in [0, 0.05) is 24.1 Å². The first-order valence-electron chi connectivity index (χ1n) is 7.08. The standard InChI is InChI=1S/C16H25NO2/c1-11(2)14(10-18)17-13-9-16(3,4)19-15-8-6-5-7-12(13)15/h5-8,11,13-14,17-18H,9-10H2,1-4H3/t13?,14-/m1/s1. The second-order valence-electron chi connectivity index (χ2n) is 6.36. The predicted molar refractivity (Wildman–Crippen MR) is 77.4 cm³/mol. The Bertz CT molecular complexity index is 429. The minimum absolute atomic E-state index is 0.118. The Balaban J connectivity index is 2.25. The van der Waals surface area contributed by atoms with Gasteiger partial charge in [-0.05, 0) is 25.8 Å². The molecule has 3 heteroatoms. The molecule has 3 nitrogen and oxygen atoms in total. The number of para-hydroxylation sites is 1. The number of hydrogen-bond donors (Lipinski definition) is 2. The number of nitrogens with one attached hydrogen (secondary N) is 1. The van der Waals surface area contributed by atoms with Crippen LogP contribution < -0.4 is 10.1 Å². The molecule has 2 atom stereocenters. The van der Waals surface area contributed by atoms with E-state index >= 15 is 0 Å². The van der Waals surface area contributed by atoms with Crippen LogP contribution in [0, 0.1) is 5.92 Å². The molecule has 2 rings (SSSR count). The van der Waals surface area contributed by atoms with Gasteiger partial charge in [0.15, 0.2) is 0 Å². The van der Waals surface area contributed by atoms with E-state index in [0.717, 1.165) is 12.2 Å². The van der Waals surface area contributed by atoms with E-state index in [1.807, 2.05) is 18.2 Å². The molecule has 0 spiro atoms. The molecule has 1 aromatic rings. The van der Waals surface area contributed by atoms with E-state index < -0.39 is 0 Å². The lowest BCUT2D eigenvalue weighted by Crippen LogP contribution is -2.45. The van der Waals surface area contributed by atoms with Crippen LogP contribution in [-0.2, 0) is 0 Å². The van der Waals surface area contributed by atoms with Gasteiger partial charge in [-0.3, -0.25) is 0 Å². The van der Waals surface area contributed by atoms with Crippen molar-refractivity contribution in [3.8, 4) is 5.75 Å². The van der Waals surface area contributed by atoms with Gasteiger partial charge in [0.25, 0.3) is 0 Å². The highest BCUT2D eigenvalue weighted by Gasteiger charge is 2.34. The number of aliphatic hydroxyl groups excluding tert-OH is 1. The molecule has 0 aliphatic carbocycles.